The zero-order valence-corrected chi connectivity index (χ0v) is 10.5. The van der Waals surface area contributed by atoms with Crippen LogP contribution in [-0.2, 0) is 0 Å². The summed E-state index contributed by atoms with van der Waals surface area (Å²) in [6, 6.07) is 0. The molecule has 0 aliphatic heterocycles. The number of rotatable bonds is 2. The lowest BCUT2D eigenvalue weighted by atomic mass is 9.31. The Bertz CT molecular complexity index is 404. The van der Waals surface area contributed by atoms with Crippen molar-refractivity contribution in [2.24, 2.45) is 65.1 Å². The first-order valence-corrected chi connectivity index (χ1v) is 8.12. The maximum atomic E-state index is 5.88. The number of hydrogen-bond acceptors (Lipinski definition) is 0. The highest BCUT2D eigenvalue weighted by Crippen LogP contribution is 2.87. The summed E-state index contributed by atoms with van der Waals surface area (Å²) in [7, 11) is 5.88. The molecule has 0 saturated heterocycles. The van der Waals surface area contributed by atoms with Crippen LogP contribution in [0.4, 0.5) is 0 Å². The molecule has 0 amide bonds. The summed E-state index contributed by atoms with van der Waals surface area (Å²) < 4.78 is 0. The van der Waals surface area contributed by atoms with Crippen molar-refractivity contribution >= 4 is 7.85 Å². The topological polar surface area (TPSA) is 0 Å². The zero-order valence-electron chi connectivity index (χ0n) is 10.5. The van der Waals surface area contributed by atoms with Crippen molar-refractivity contribution in [1.82, 2.24) is 0 Å². The van der Waals surface area contributed by atoms with Gasteiger partial charge in [-0.25, -0.2) is 0 Å². The van der Waals surface area contributed by atoms with Gasteiger partial charge in [0.1, 0.15) is 0 Å². The maximum absolute atomic E-state index is 5.88. The van der Waals surface area contributed by atoms with Gasteiger partial charge in [0.05, 0.1) is 7.85 Å². The van der Waals surface area contributed by atoms with Crippen LogP contribution < -0.4 is 0 Å². The molecule has 0 heterocycles. The normalized spacial score (nSPS) is 75.6. The Balaban J connectivity index is 1.36. The molecule has 6 rings (SSSR count). The van der Waals surface area contributed by atoms with E-state index in [0.29, 0.717) is 0 Å². The molecule has 11 atom stereocenters. The van der Waals surface area contributed by atoms with Gasteiger partial charge >= 0.3 is 0 Å². The molecule has 0 aromatic rings. The molecule has 11 unspecified atom stereocenters. The zero-order chi connectivity index (χ0) is 10.9. The Morgan fingerprint density at radius 1 is 0.706 bits per heavy atom. The fourth-order valence-electron chi connectivity index (χ4n) is 7.98. The highest BCUT2D eigenvalue weighted by molar-refractivity contribution is 6.08. The molecule has 88 valence electrons. The van der Waals surface area contributed by atoms with E-state index < -0.39 is 0 Å². The summed E-state index contributed by atoms with van der Waals surface area (Å²) in [5.74, 6) is 13.2. The molecule has 0 bridgehead atoms. The first-order chi connectivity index (χ1) is 8.42. The predicted octanol–water partition coefficient (Wildman–Crippen LogP) is 2.99. The molecule has 1 heteroatoms. The van der Waals surface area contributed by atoms with Crippen molar-refractivity contribution in [2.75, 3.05) is 0 Å². The van der Waals surface area contributed by atoms with Crippen molar-refractivity contribution < 1.29 is 0 Å². The van der Waals surface area contributed by atoms with Gasteiger partial charge in [0.15, 0.2) is 0 Å². The van der Waals surface area contributed by atoms with Gasteiger partial charge in [0.2, 0.25) is 0 Å². The van der Waals surface area contributed by atoms with Crippen LogP contribution in [0.1, 0.15) is 25.7 Å². The van der Waals surface area contributed by atoms with Gasteiger partial charge in [0, 0.05) is 0 Å². The minimum atomic E-state index is 0.953. The SMILES string of the molecule is [B]CCC1C2CCC2C2C1C1C3C4CC4C3C21. The summed E-state index contributed by atoms with van der Waals surface area (Å²) >= 11 is 0. The van der Waals surface area contributed by atoms with E-state index in [4.69, 9.17) is 7.85 Å². The van der Waals surface area contributed by atoms with Crippen molar-refractivity contribution in [3.8, 4) is 0 Å². The Kier molecular flexibility index (Phi) is 1.34. The second-order valence-corrected chi connectivity index (χ2v) is 8.17. The molecule has 2 radical (unpaired) electrons. The molecule has 0 aromatic carbocycles. The summed E-state index contributed by atoms with van der Waals surface area (Å²) in [5.41, 5.74) is 0. The number of hydrogen-bond donors (Lipinski definition) is 0. The van der Waals surface area contributed by atoms with Gasteiger partial charge in [-0.1, -0.05) is 12.7 Å². The van der Waals surface area contributed by atoms with Crippen LogP contribution in [0.25, 0.3) is 0 Å². The lowest BCUT2D eigenvalue weighted by Crippen LogP contribution is -2.70. The average Bonchev–Trinajstić information content (AvgIpc) is 2.90. The molecule has 17 heavy (non-hydrogen) atoms. The lowest BCUT2D eigenvalue weighted by molar-refractivity contribution is -0.263. The second kappa shape index (κ2) is 2.52. The summed E-state index contributed by atoms with van der Waals surface area (Å²) in [5, 5.41) is 0. The molecule has 6 aliphatic rings. The van der Waals surface area contributed by atoms with Gasteiger partial charge in [-0.15, -0.1) is 0 Å². The van der Waals surface area contributed by atoms with Gasteiger partial charge in [-0.2, -0.15) is 0 Å². The van der Waals surface area contributed by atoms with Crippen LogP contribution in [0.15, 0.2) is 0 Å². The van der Waals surface area contributed by atoms with E-state index in [1.807, 2.05) is 0 Å². The first kappa shape index (κ1) is 9.05. The Labute approximate surface area is 105 Å². The van der Waals surface area contributed by atoms with E-state index in [2.05, 4.69) is 0 Å². The maximum Gasteiger partial charge on any atom is 0.0653 e. The predicted molar refractivity (Wildman–Crippen MR) is 67.4 cm³/mol. The van der Waals surface area contributed by atoms with E-state index >= 15 is 0 Å². The minimum absolute atomic E-state index is 0.953. The standard InChI is InChI=1S/C16H21B/c17-4-3-8-6-1-2-7(6)11-12(8)16-14-10-5-9(10)13(14)15(11)16/h6-16H,1-5H2. The molecule has 6 saturated carbocycles. The summed E-state index contributed by atoms with van der Waals surface area (Å²) in [4.78, 5) is 0. The quantitative estimate of drug-likeness (QED) is 0.499. The molecule has 0 aromatic heterocycles. The van der Waals surface area contributed by atoms with Crippen LogP contribution >= 0.6 is 0 Å². The van der Waals surface area contributed by atoms with E-state index in [1.54, 1.807) is 19.3 Å². The molecule has 6 aliphatic carbocycles. The number of fused-ring (bicyclic) bond motifs is 12. The largest absolute Gasteiger partial charge is 0.0884 e. The van der Waals surface area contributed by atoms with E-state index in [0.717, 1.165) is 18.2 Å². The summed E-state index contributed by atoms with van der Waals surface area (Å²) in [6.07, 6.45) is 7.09. The third-order valence-electron chi connectivity index (χ3n) is 8.41. The third kappa shape index (κ3) is 0.728. The smallest absolute Gasteiger partial charge is 0.0653 e. The van der Waals surface area contributed by atoms with Crippen LogP contribution in [0, 0.1) is 65.1 Å². The highest BCUT2D eigenvalue weighted by atomic mass is 14.9. The van der Waals surface area contributed by atoms with Gasteiger partial charge in [-0.05, 0) is 84.4 Å². The highest BCUT2D eigenvalue weighted by Gasteiger charge is 2.83. The Morgan fingerprint density at radius 2 is 1.35 bits per heavy atom. The van der Waals surface area contributed by atoms with Crippen molar-refractivity contribution in [3.05, 3.63) is 0 Å². The fourth-order valence-corrected chi connectivity index (χ4v) is 7.98. The van der Waals surface area contributed by atoms with Crippen molar-refractivity contribution in [3.63, 3.8) is 0 Å². The Hall–Kier alpha value is 0.0649. The Morgan fingerprint density at radius 3 is 2.00 bits per heavy atom. The van der Waals surface area contributed by atoms with E-state index in [1.165, 1.54) is 59.7 Å². The molecular formula is C16H21B. The minimum Gasteiger partial charge on any atom is -0.0884 e. The molecule has 0 nitrogen and oxygen atoms in total. The van der Waals surface area contributed by atoms with Gasteiger partial charge in [-0.3, -0.25) is 0 Å². The van der Waals surface area contributed by atoms with Crippen LogP contribution in [0.2, 0.25) is 6.32 Å². The third-order valence-corrected chi connectivity index (χ3v) is 8.41. The first-order valence-electron chi connectivity index (χ1n) is 8.12. The van der Waals surface area contributed by atoms with Gasteiger partial charge < -0.3 is 0 Å². The average molecular weight is 224 g/mol. The van der Waals surface area contributed by atoms with Crippen LogP contribution in [0.3, 0.4) is 0 Å². The molecular weight excluding hydrogens is 203 g/mol. The summed E-state index contributed by atoms with van der Waals surface area (Å²) in [6.45, 7) is 0. The fraction of sp³-hybridized carbons (Fsp3) is 1.00. The molecule has 0 spiro atoms. The van der Waals surface area contributed by atoms with E-state index in [-0.39, 0.29) is 0 Å². The van der Waals surface area contributed by atoms with Crippen LogP contribution in [0.5, 0.6) is 0 Å². The lowest BCUT2D eigenvalue weighted by Gasteiger charge is -2.73. The monoisotopic (exact) mass is 224 g/mol. The van der Waals surface area contributed by atoms with Gasteiger partial charge in [0.25, 0.3) is 0 Å². The van der Waals surface area contributed by atoms with Crippen molar-refractivity contribution in [1.29, 1.82) is 0 Å². The van der Waals surface area contributed by atoms with E-state index in [9.17, 15) is 0 Å². The van der Waals surface area contributed by atoms with Crippen LogP contribution in [-0.4, -0.2) is 7.85 Å². The molecule has 0 N–H and O–H groups in total. The molecule has 6 fully saturated rings. The van der Waals surface area contributed by atoms with Crippen molar-refractivity contribution in [2.45, 2.75) is 32.0 Å². The second-order valence-electron chi connectivity index (χ2n) is 8.17.